The Bertz CT molecular complexity index is 797. The van der Waals surface area contributed by atoms with Gasteiger partial charge >= 0.3 is 0 Å². The van der Waals surface area contributed by atoms with Gasteiger partial charge in [0.15, 0.2) is 0 Å². The summed E-state index contributed by atoms with van der Waals surface area (Å²) in [4.78, 5) is 6.86. The third-order valence-electron chi connectivity index (χ3n) is 3.74. The number of rotatable bonds is 2. The molecule has 0 aromatic heterocycles. The molecule has 23 heavy (non-hydrogen) atoms. The number of hydrogen-bond donors (Lipinski definition) is 0. The van der Waals surface area contributed by atoms with Gasteiger partial charge in [-0.15, -0.1) is 0 Å². The van der Waals surface area contributed by atoms with Crippen LogP contribution in [0.25, 0.3) is 6.08 Å². The second-order valence-corrected chi connectivity index (χ2v) is 6.61. The fraction of sp³-hybridized carbons (Fsp3) is 0.167. The van der Waals surface area contributed by atoms with Crippen molar-refractivity contribution >= 4 is 52.3 Å². The largest absolute Gasteiger partial charge is 0.372 e. The van der Waals surface area contributed by atoms with Crippen molar-refractivity contribution in [2.24, 2.45) is 4.99 Å². The fourth-order valence-corrected chi connectivity index (χ4v) is 2.97. The highest BCUT2D eigenvalue weighted by atomic mass is 35.5. The lowest BCUT2D eigenvalue weighted by atomic mass is 10.1. The summed E-state index contributed by atoms with van der Waals surface area (Å²) in [6, 6.07) is 11.4. The highest BCUT2D eigenvalue weighted by molar-refractivity contribution is 6.42. The van der Waals surface area contributed by atoms with E-state index in [4.69, 9.17) is 34.8 Å². The summed E-state index contributed by atoms with van der Waals surface area (Å²) < 4.78 is 0. The number of nitrogens with zero attached hydrogens (tertiary/aromatic N) is 2. The zero-order valence-corrected chi connectivity index (χ0v) is 14.8. The number of anilines is 1. The van der Waals surface area contributed by atoms with Crippen LogP contribution in [0.3, 0.4) is 0 Å². The lowest BCUT2D eigenvalue weighted by Gasteiger charge is -2.19. The van der Waals surface area contributed by atoms with E-state index in [0.717, 1.165) is 40.6 Å². The first-order valence-corrected chi connectivity index (χ1v) is 8.36. The summed E-state index contributed by atoms with van der Waals surface area (Å²) in [5, 5.41) is 1.83. The lowest BCUT2D eigenvalue weighted by Crippen LogP contribution is -2.20. The Balaban J connectivity index is 1.96. The fourth-order valence-electron chi connectivity index (χ4n) is 2.50. The first-order valence-electron chi connectivity index (χ1n) is 7.23. The molecular formula is C18H15Cl3N2. The molecule has 0 fully saturated rings. The van der Waals surface area contributed by atoms with Gasteiger partial charge in [0.2, 0.25) is 0 Å². The molecule has 3 rings (SSSR count). The number of halogens is 3. The van der Waals surface area contributed by atoms with Crippen molar-refractivity contribution in [3.05, 3.63) is 68.7 Å². The van der Waals surface area contributed by atoms with Crippen molar-refractivity contribution in [3.8, 4) is 0 Å². The second-order valence-electron chi connectivity index (χ2n) is 5.36. The van der Waals surface area contributed by atoms with Gasteiger partial charge in [-0.3, -0.25) is 4.99 Å². The molecule has 2 aromatic rings. The average molecular weight is 366 g/mol. The molecule has 0 saturated heterocycles. The van der Waals surface area contributed by atoms with E-state index in [9.17, 15) is 0 Å². The van der Waals surface area contributed by atoms with Crippen LogP contribution in [0.4, 0.5) is 5.69 Å². The molecular weight excluding hydrogens is 351 g/mol. The number of benzodiazepines with no additional fused rings is 1. The van der Waals surface area contributed by atoms with Crippen molar-refractivity contribution < 1.29 is 0 Å². The van der Waals surface area contributed by atoms with Gasteiger partial charge in [-0.05, 0) is 42.0 Å². The average Bonchev–Trinajstić information content (AvgIpc) is 2.68. The quantitative estimate of drug-likeness (QED) is 0.676. The minimum atomic E-state index is 0.545. The van der Waals surface area contributed by atoms with Crippen LogP contribution >= 0.6 is 34.8 Å². The van der Waals surface area contributed by atoms with Gasteiger partial charge < -0.3 is 4.90 Å². The maximum absolute atomic E-state index is 6.14. The highest BCUT2D eigenvalue weighted by Crippen LogP contribution is 2.27. The van der Waals surface area contributed by atoms with Crippen molar-refractivity contribution in [2.75, 3.05) is 25.0 Å². The Morgan fingerprint density at radius 2 is 1.83 bits per heavy atom. The van der Waals surface area contributed by atoms with Gasteiger partial charge in [-0.25, -0.2) is 0 Å². The van der Waals surface area contributed by atoms with E-state index in [1.165, 1.54) is 0 Å². The predicted octanol–water partition coefficient (Wildman–Crippen LogP) is 5.60. The van der Waals surface area contributed by atoms with Crippen molar-refractivity contribution in [1.82, 2.24) is 0 Å². The van der Waals surface area contributed by atoms with Crippen LogP contribution < -0.4 is 4.90 Å². The van der Waals surface area contributed by atoms with E-state index in [2.05, 4.69) is 16.9 Å². The van der Waals surface area contributed by atoms with Crippen molar-refractivity contribution in [3.63, 3.8) is 0 Å². The summed E-state index contributed by atoms with van der Waals surface area (Å²) in [6.07, 6.45) is 4.00. The number of likely N-dealkylation sites (N-methyl/N-ethyl adjacent to an activating group) is 1. The molecule has 2 aromatic carbocycles. The van der Waals surface area contributed by atoms with Crippen LogP contribution in [0.15, 0.2) is 47.5 Å². The molecule has 0 amide bonds. The first kappa shape index (κ1) is 16.4. The third kappa shape index (κ3) is 3.72. The molecule has 1 heterocycles. The topological polar surface area (TPSA) is 15.6 Å². The smallest absolute Gasteiger partial charge is 0.0668 e. The monoisotopic (exact) mass is 364 g/mol. The molecule has 0 N–H and O–H groups in total. The Labute approximate surface area is 151 Å². The maximum Gasteiger partial charge on any atom is 0.0668 e. The van der Waals surface area contributed by atoms with Gasteiger partial charge in [0.25, 0.3) is 0 Å². The standard InChI is InChI=1S/C18H15Cl3N2/c1-23-9-8-22-17(14-5-4-13(19)11-18(14)23)7-3-12-2-6-15(20)16(21)10-12/h2-7,10-11H,8-9H2,1H3. The van der Waals surface area contributed by atoms with Crippen molar-refractivity contribution in [2.45, 2.75) is 0 Å². The van der Waals surface area contributed by atoms with E-state index in [0.29, 0.717) is 10.0 Å². The minimum Gasteiger partial charge on any atom is -0.372 e. The normalized spacial score (nSPS) is 14.6. The Morgan fingerprint density at radius 3 is 2.61 bits per heavy atom. The third-order valence-corrected chi connectivity index (χ3v) is 4.72. The molecule has 1 aliphatic heterocycles. The SMILES string of the molecule is CN1CCN=C(C=Cc2ccc(Cl)c(Cl)c2)c2ccc(Cl)cc21. The summed E-state index contributed by atoms with van der Waals surface area (Å²) in [5.41, 5.74) is 4.08. The molecule has 0 saturated carbocycles. The Hall–Kier alpha value is -1.48. The molecule has 0 radical (unpaired) electrons. The summed E-state index contributed by atoms with van der Waals surface area (Å²) >= 11 is 18.1. The Kier molecular flexibility index (Phi) is 4.96. The maximum atomic E-state index is 6.14. The lowest BCUT2D eigenvalue weighted by molar-refractivity contribution is 0.897. The zero-order chi connectivity index (χ0) is 16.4. The van der Waals surface area contributed by atoms with E-state index < -0.39 is 0 Å². The second kappa shape index (κ2) is 6.96. The minimum absolute atomic E-state index is 0.545. The van der Waals surface area contributed by atoms with E-state index in [-0.39, 0.29) is 0 Å². The van der Waals surface area contributed by atoms with Crippen LogP contribution in [0.5, 0.6) is 0 Å². The molecule has 0 unspecified atom stereocenters. The van der Waals surface area contributed by atoms with Gasteiger partial charge in [-0.1, -0.05) is 46.9 Å². The zero-order valence-electron chi connectivity index (χ0n) is 12.6. The van der Waals surface area contributed by atoms with Crippen LogP contribution in [0.1, 0.15) is 11.1 Å². The molecule has 0 atom stereocenters. The number of benzene rings is 2. The summed E-state index contributed by atoms with van der Waals surface area (Å²) in [7, 11) is 2.05. The molecule has 5 heteroatoms. The molecule has 0 spiro atoms. The van der Waals surface area contributed by atoms with E-state index >= 15 is 0 Å². The van der Waals surface area contributed by atoms with Crippen LogP contribution in [0.2, 0.25) is 15.1 Å². The van der Waals surface area contributed by atoms with Crippen LogP contribution in [-0.4, -0.2) is 25.8 Å². The van der Waals surface area contributed by atoms with Gasteiger partial charge in [0.05, 0.1) is 22.3 Å². The van der Waals surface area contributed by atoms with Crippen LogP contribution in [-0.2, 0) is 0 Å². The van der Waals surface area contributed by atoms with Gasteiger partial charge in [-0.2, -0.15) is 0 Å². The van der Waals surface area contributed by atoms with Crippen molar-refractivity contribution in [1.29, 1.82) is 0 Å². The van der Waals surface area contributed by atoms with Crippen LogP contribution in [0, 0.1) is 0 Å². The Morgan fingerprint density at radius 1 is 1.00 bits per heavy atom. The van der Waals surface area contributed by atoms with Gasteiger partial charge in [0.1, 0.15) is 0 Å². The van der Waals surface area contributed by atoms with E-state index in [1.54, 1.807) is 6.07 Å². The molecule has 0 bridgehead atoms. The molecule has 1 aliphatic rings. The first-order chi connectivity index (χ1) is 11.0. The molecule has 118 valence electrons. The number of hydrogen-bond acceptors (Lipinski definition) is 2. The number of aliphatic imine (C=N–C) groups is 1. The summed E-state index contributed by atoms with van der Waals surface area (Å²) in [6.45, 7) is 1.60. The highest BCUT2D eigenvalue weighted by Gasteiger charge is 2.14. The number of fused-ring (bicyclic) bond motifs is 1. The molecule has 2 nitrogen and oxygen atoms in total. The van der Waals surface area contributed by atoms with Gasteiger partial charge in [0, 0.05) is 29.9 Å². The molecule has 0 aliphatic carbocycles. The van der Waals surface area contributed by atoms with E-state index in [1.807, 2.05) is 42.5 Å². The summed E-state index contributed by atoms with van der Waals surface area (Å²) in [5.74, 6) is 0. The predicted molar refractivity (Wildman–Crippen MR) is 102 cm³/mol. The number of allylic oxidation sites excluding steroid dienone is 1.